The molecule has 0 saturated carbocycles. The highest BCUT2D eigenvalue weighted by molar-refractivity contribution is 5.80. The van der Waals surface area contributed by atoms with E-state index in [2.05, 4.69) is 44.3 Å². The number of nitrogens with one attached hydrogen (secondary N) is 1. The Morgan fingerprint density at radius 3 is 2.62 bits per heavy atom. The van der Waals surface area contributed by atoms with Gasteiger partial charge in [-0.05, 0) is 30.2 Å². The predicted octanol–water partition coefficient (Wildman–Crippen LogP) is 2.79. The summed E-state index contributed by atoms with van der Waals surface area (Å²) in [6.07, 6.45) is 0.394. The topological polar surface area (TPSA) is 74.3 Å². The van der Waals surface area contributed by atoms with Crippen LogP contribution < -0.4 is 4.74 Å². The summed E-state index contributed by atoms with van der Waals surface area (Å²) in [5.74, 6) is 2.87. The van der Waals surface area contributed by atoms with E-state index in [-0.39, 0.29) is 17.2 Å². The van der Waals surface area contributed by atoms with Gasteiger partial charge in [0.15, 0.2) is 5.82 Å². The summed E-state index contributed by atoms with van der Waals surface area (Å²) in [4.78, 5) is 22.1. The van der Waals surface area contributed by atoms with Crippen LogP contribution >= 0.6 is 0 Å². The van der Waals surface area contributed by atoms with Crippen LogP contribution in [0.15, 0.2) is 54.6 Å². The van der Waals surface area contributed by atoms with E-state index in [1.165, 1.54) is 5.56 Å². The summed E-state index contributed by atoms with van der Waals surface area (Å²) >= 11 is 0. The molecule has 1 aromatic heterocycles. The zero-order chi connectivity index (χ0) is 22.1. The number of nitrogens with zero attached hydrogens (tertiary/aromatic N) is 4. The van der Waals surface area contributed by atoms with Gasteiger partial charge >= 0.3 is 0 Å². The van der Waals surface area contributed by atoms with Gasteiger partial charge in [-0.25, -0.2) is 4.98 Å². The van der Waals surface area contributed by atoms with Gasteiger partial charge in [0.25, 0.3) is 0 Å². The van der Waals surface area contributed by atoms with Crippen molar-refractivity contribution in [3.05, 3.63) is 77.4 Å². The number of rotatable bonds is 6. The number of carbonyl (C=O) groups is 1. The summed E-state index contributed by atoms with van der Waals surface area (Å²) in [7, 11) is 1.65. The molecule has 3 aromatic rings. The molecule has 3 heterocycles. The molecule has 2 saturated heterocycles. The molecule has 0 aliphatic carbocycles. The Bertz CT molecular complexity index is 1090. The van der Waals surface area contributed by atoms with Gasteiger partial charge in [0.05, 0.1) is 13.5 Å². The minimum Gasteiger partial charge on any atom is -0.497 e. The lowest BCUT2D eigenvalue weighted by molar-refractivity contribution is -0.142. The van der Waals surface area contributed by atoms with Crippen molar-refractivity contribution in [3.63, 3.8) is 0 Å². The van der Waals surface area contributed by atoms with Crippen LogP contribution in [-0.4, -0.2) is 64.2 Å². The number of hydrogen-bond donors (Lipinski definition) is 1. The normalized spacial score (nSPS) is 19.8. The van der Waals surface area contributed by atoms with Crippen molar-refractivity contribution < 1.29 is 9.53 Å². The predicted molar refractivity (Wildman–Crippen MR) is 121 cm³/mol. The quantitative estimate of drug-likeness (QED) is 0.650. The van der Waals surface area contributed by atoms with Crippen LogP contribution in [0.4, 0.5) is 0 Å². The molecule has 2 aliphatic heterocycles. The number of carbonyl (C=O) groups excluding carboxylic acids is 1. The van der Waals surface area contributed by atoms with E-state index >= 15 is 0 Å². The van der Waals surface area contributed by atoms with Crippen LogP contribution in [0.2, 0.25) is 0 Å². The smallest absolute Gasteiger partial charge is 0.227 e. The average molecular weight is 432 g/mol. The minimum atomic E-state index is 0.00739. The number of amides is 1. The standard InChI is InChI=1S/C25H29N5O2/c1-18-26-24(28-27-18)22-14-29(13-19-7-4-3-5-8-19)15-25(22)16-30(17-25)23(31)12-20-9-6-10-21(11-20)32-2/h3-11,22H,12-17H2,1-2H3,(H,26,27,28). The third-order valence-corrected chi connectivity index (χ3v) is 6.75. The van der Waals surface area contributed by atoms with Crippen LogP contribution in [0.5, 0.6) is 5.75 Å². The molecule has 1 amide bonds. The summed E-state index contributed by atoms with van der Waals surface area (Å²) in [5.41, 5.74) is 2.29. The first kappa shape index (κ1) is 20.7. The van der Waals surface area contributed by atoms with E-state index in [4.69, 9.17) is 4.74 Å². The van der Waals surface area contributed by atoms with Gasteiger partial charge < -0.3 is 9.64 Å². The third-order valence-electron chi connectivity index (χ3n) is 6.75. The first-order valence-electron chi connectivity index (χ1n) is 11.1. The van der Waals surface area contributed by atoms with Crippen LogP contribution in [0.3, 0.4) is 0 Å². The number of aromatic amines is 1. The molecule has 2 fully saturated rings. The number of aryl methyl sites for hydroxylation is 1. The zero-order valence-electron chi connectivity index (χ0n) is 18.6. The highest BCUT2D eigenvalue weighted by atomic mass is 16.5. The Morgan fingerprint density at radius 2 is 1.91 bits per heavy atom. The van der Waals surface area contributed by atoms with Gasteiger partial charge in [-0.1, -0.05) is 42.5 Å². The van der Waals surface area contributed by atoms with Crippen molar-refractivity contribution in [2.45, 2.75) is 25.8 Å². The minimum absolute atomic E-state index is 0.00739. The van der Waals surface area contributed by atoms with E-state index in [0.717, 1.165) is 55.7 Å². The van der Waals surface area contributed by atoms with Gasteiger partial charge in [-0.15, -0.1) is 0 Å². The Kier molecular flexibility index (Phi) is 5.43. The maximum absolute atomic E-state index is 13.0. The third kappa shape index (κ3) is 4.00. The maximum Gasteiger partial charge on any atom is 0.227 e. The van der Waals surface area contributed by atoms with Crippen LogP contribution in [0.25, 0.3) is 0 Å². The van der Waals surface area contributed by atoms with Gasteiger partial charge in [0, 0.05) is 44.1 Å². The van der Waals surface area contributed by atoms with E-state index in [9.17, 15) is 4.79 Å². The van der Waals surface area contributed by atoms with E-state index in [0.29, 0.717) is 6.42 Å². The molecule has 1 unspecified atom stereocenters. The Balaban J connectivity index is 1.29. The van der Waals surface area contributed by atoms with Crippen molar-refractivity contribution in [2.24, 2.45) is 5.41 Å². The van der Waals surface area contributed by atoms with Crippen LogP contribution in [-0.2, 0) is 17.8 Å². The molecule has 2 aliphatic rings. The summed E-state index contributed by atoms with van der Waals surface area (Å²) in [6, 6.07) is 18.3. The lowest BCUT2D eigenvalue weighted by atomic mass is 9.71. The molecule has 7 nitrogen and oxygen atoms in total. The Labute approximate surface area is 188 Å². The number of aromatic nitrogens is 3. The van der Waals surface area contributed by atoms with Gasteiger partial charge in [-0.3, -0.25) is 14.8 Å². The number of methoxy groups -OCH3 is 1. The lowest BCUT2D eigenvalue weighted by Gasteiger charge is -2.50. The Hall–Kier alpha value is -3.19. The number of ether oxygens (including phenoxy) is 1. The van der Waals surface area contributed by atoms with E-state index in [1.54, 1.807) is 7.11 Å². The number of H-pyrrole nitrogens is 1. The second-order valence-electron chi connectivity index (χ2n) is 9.13. The molecule has 0 bridgehead atoms. The molecule has 7 heteroatoms. The number of benzene rings is 2. The fourth-order valence-corrected chi connectivity index (χ4v) is 5.18. The molecule has 5 rings (SSSR count). The van der Waals surface area contributed by atoms with E-state index in [1.807, 2.05) is 42.2 Å². The largest absolute Gasteiger partial charge is 0.497 e. The SMILES string of the molecule is COc1cccc(CC(=O)N2CC3(CN(Cc4ccccc4)CC3c3n[nH]c(C)n3)C2)c1. The fraction of sp³-hybridized carbons (Fsp3) is 0.400. The van der Waals surface area contributed by atoms with Crippen molar-refractivity contribution in [1.29, 1.82) is 0 Å². The molecule has 0 radical (unpaired) electrons. The first-order chi connectivity index (χ1) is 15.5. The monoisotopic (exact) mass is 431 g/mol. The molecule has 166 valence electrons. The molecule has 1 N–H and O–H groups in total. The van der Waals surface area contributed by atoms with Crippen molar-refractivity contribution >= 4 is 5.91 Å². The second kappa shape index (κ2) is 8.39. The maximum atomic E-state index is 13.0. The zero-order valence-corrected chi connectivity index (χ0v) is 18.6. The fourth-order valence-electron chi connectivity index (χ4n) is 5.18. The van der Waals surface area contributed by atoms with Crippen molar-refractivity contribution in [2.75, 3.05) is 33.3 Å². The van der Waals surface area contributed by atoms with Gasteiger partial charge in [0.1, 0.15) is 11.6 Å². The average Bonchev–Trinajstić information content (AvgIpc) is 3.37. The first-order valence-corrected chi connectivity index (χ1v) is 11.1. The molecule has 1 atom stereocenters. The Morgan fingerprint density at radius 1 is 1.12 bits per heavy atom. The highest BCUT2D eigenvalue weighted by Gasteiger charge is 2.56. The number of hydrogen-bond acceptors (Lipinski definition) is 5. The highest BCUT2D eigenvalue weighted by Crippen LogP contribution is 2.48. The number of likely N-dealkylation sites (tertiary alicyclic amines) is 2. The van der Waals surface area contributed by atoms with E-state index < -0.39 is 0 Å². The molecule has 1 spiro atoms. The summed E-state index contributed by atoms with van der Waals surface area (Å²) in [5, 5.41) is 7.49. The van der Waals surface area contributed by atoms with Crippen molar-refractivity contribution in [1.82, 2.24) is 25.0 Å². The van der Waals surface area contributed by atoms with Crippen molar-refractivity contribution in [3.8, 4) is 5.75 Å². The molecule has 32 heavy (non-hydrogen) atoms. The molecular formula is C25H29N5O2. The summed E-state index contributed by atoms with van der Waals surface area (Å²) in [6.45, 7) is 6.19. The molecule has 2 aromatic carbocycles. The summed E-state index contributed by atoms with van der Waals surface area (Å²) < 4.78 is 5.29. The van der Waals surface area contributed by atoms with Crippen LogP contribution in [0, 0.1) is 12.3 Å². The van der Waals surface area contributed by atoms with Gasteiger partial charge in [0.2, 0.25) is 5.91 Å². The van der Waals surface area contributed by atoms with Gasteiger partial charge in [-0.2, -0.15) is 5.10 Å². The second-order valence-corrected chi connectivity index (χ2v) is 9.13. The molecular weight excluding hydrogens is 402 g/mol. The van der Waals surface area contributed by atoms with Crippen LogP contribution in [0.1, 0.15) is 28.7 Å². The lowest BCUT2D eigenvalue weighted by Crippen LogP contribution is -2.61.